The van der Waals surface area contributed by atoms with Gasteiger partial charge in [0.2, 0.25) is 12.1 Å². The van der Waals surface area contributed by atoms with E-state index in [2.05, 4.69) is 19.9 Å². The first-order valence-corrected chi connectivity index (χ1v) is 11.9. The Kier molecular flexibility index (Phi) is 9.68. The van der Waals surface area contributed by atoms with E-state index in [-0.39, 0.29) is 5.69 Å². The summed E-state index contributed by atoms with van der Waals surface area (Å²) in [7, 11) is 2.00. The molecule has 39 heavy (non-hydrogen) atoms. The molecule has 16 heteroatoms. The Morgan fingerprint density at radius 2 is 1.77 bits per heavy atom. The molecule has 1 saturated heterocycles. The van der Waals surface area contributed by atoms with Gasteiger partial charge in [-0.25, -0.2) is 19.7 Å². The highest BCUT2D eigenvalue weighted by molar-refractivity contribution is 6.30. The van der Waals surface area contributed by atoms with E-state index in [0.717, 1.165) is 20.0 Å². The minimum absolute atomic E-state index is 0.144. The summed E-state index contributed by atoms with van der Waals surface area (Å²) in [5, 5.41) is 22.4. The number of hydrogen-bond acceptors (Lipinski definition) is 12. The lowest BCUT2D eigenvalue weighted by Gasteiger charge is -2.33. The molecule has 2 aromatic heterocycles. The zero-order chi connectivity index (χ0) is 28.7. The lowest BCUT2D eigenvalue weighted by atomic mass is 10.2. The fourth-order valence-corrected chi connectivity index (χ4v) is 3.76. The van der Waals surface area contributed by atoms with Gasteiger partial charge in [-0.3, -0.25) is 14.6 Å². The average Bonchev–Trinajstić information content (AvgIpc) is 3.15. The van der Waals surface area contributed by atoms with E-state index in [1.807, 2.05) is 12.4 Å². The number of aromatic nitrogens is 3. The molecule has 2 atom stereocenters. The van der Waals surface area contributed by atoms with Crippen LogP contribution in [0.15, 0.2) is 30.7 Å². The summed E-state index contributed by atoms with van der Waals surface area (Å²) in [6, 6.07) is 1.68. The number of anilines is 1. The quantitative estimate of drug-likeness (QED) is 0.405. The number of carbonyl (C=O) groups is 5. The van der Waals surface area contributed by atoms with Gasteiger partial charge in [-0.2, -0.15) is 0 Å². The molecule has 0 unspecified atom stereocenters. The Balaban J connectivity index is 0.000000298. The zero-order valence-corrected chi connectivity index (χ0v) is 21.7. The van der Waals surface area contributed by atoms with Gasteiger partial charge >= 0.3 is 6.09 Å². The standard InChI is InChI=1S/C17H17ClN6O3.C6H9NO5/c1-22-6-8-23(9-7-22)17(26)27-16-14-13(19-4-5-20-14)15(25)24(16)12-3-2-11(18)10-21-12;1-3(8)7-4(6(11)12)2-5(9)10/h2-5,10,16H,6-9H2,1H3;4H,2H2,1H3,(H,7,8)(H,9,10)(H,11,12)/p-2/t16-;4-/m01/s1. The van der Waals surface area contributed by atoms with Gasteiger partial charge in [-0.15, -0.1) is 0 Å². The van der Waals surface area contributed by atoms with Crippen molar-refractivity contribution in [3.05, 3.63) is 47.1 Å². The van der Waals surface area contributed by atoms with Crippen LogP contribution in [-0.2, 0) is 19.1 Å². The van der Waals surface area contributed by atoms with Gasteiger partial charge in [0.15, 0.2) is 5.69 Å². The minimum Gasteiger partial charge on any atom is -0.550 e. The summed E-state index contributed by atoms with van der Waals surface area (Å²) >= 11 is 5.89. The van der Waals surface area contributed by atoms with Crippen LogP contribution in [0, 0.1) is 0 Å². The predicted molar refractivity (Wildman–Crippen MR) is 129 cm³/mol. The highest BCUT2D eigenvalue weighted by atomic mass is 35.5. The second-order valence-electron chi connectivity index (χ2n) is 8.47. The van der Waals surface area contributed by atoms with Crippen LogP contribution in [0.25, 0.3) is 0 Å². The molecule has 1 fully saturated rings. The first kappa shape index (κ1) is 29.2. The molecule has 0 radical (unpaired) electrons. The topological polar surface area (TPSA) is 201 Å². The van der Waals surface area contributed by atoms with Crippen LogP contribution in [0.4, 0.5) is 10.6 Å². The smallest absolute Gasteiger partial charge is 0.412 e. The van der Waals surface area contributed by atoms with E-state index >= 15 is 0 Å². The second-order valence-corrected chi connectivity index (χ2v) is 8.91. The number of carbonyl (C=O) groups excluding carboxylic acids is 5. The predicted octanol–water partition coefficient (Wildman–Crippen LogP) is -2.05. The highest BCUT2D eigenvalue weighted by Gasteiger charge is 2.44. The number of amides is 3. The summed E-state index contributed by atoms with van der Waals surface area (Å²) in [5.74, 6) is -3.96. The van der Waals surface area contributed by atoms with Crippen LogP contribution in [0.1, 0.15) is 35.8 Å². The highest BCUT2D eigenvalue weighted by Crippen LogP contribution is 2.35. The summed E-state index contributed by atoms with van der Waals surface area (Å²) < 4.78 is 5.68. The average molecular weight is 562 g/mol. The van der Waals surface area contributed by atoms with Crippen LogP contribution in [0.5, 0.6) is 0 Å². The SMILES string of the molecule is CC(=O)N[C@H](CC(=O)[O-])C(=O)[O-].CN1CCN(C(=O)O[C@H]2c3nccnc3C(=O)N2c2ccc(Cl)cn2)CC1. The third-order valence-electron chi connectivity index (χ3n) is 5.58. The van der Waals surface area contributed by atoms with E-state index in [1.165, 1.54) is 23.5 Å². The number of nitrogens with zero attached hydrogens (tertiary/aromatic N) is 6. The number of carboxylic acid groups (broad SMARTS) is 2. The van der Waals surface area contributed by atoms with Crippen LogP contribution in [-0.4, -0.2) is 93.9 Å². The summed E-state index contributed by atoms with van der Waals surface area (Å²) in [6.45, 7) is 3.71. The minimum atomic E-state index is -1.64. The number of fused-ring (bicyclic) bond motifs is 1. The Hall–Kier alpha value is -4.37. The van der Waals surface area contributed by atoms with Crippen LogP contribution >= 0.6 is 11.6 Å². The van der Waals surface area contributed by atoms with Gasteiger partial charge in [0.25, 0.3) is 5.91 Å². The van der Waals surface area contributed by atoms with Crippen molar-refractivity contribution in [3.63, 3.8) is 0 Å². The fourth-order valence-electron chi connectivity index (χ4n) is 3.64. The maximum atomic E-state index is 12.8. The number of nitrogens with one attached hydrogen (secondary N) is 1. The molecule has 208 valence electrons. The van der Waals surface area contributed by atoms with E-state index < -0.39 is 48.5 Å². The number of halogens is 1. The molecule has 2 aromatic rings. The first-order chi connectivity index (χ1) is 18.5. The monoisotopic (exact) mass is 561 g/mol. The Bertz CT molecular complexity index is 1220. The van der Waals surface area contributed by atoms with Gasteiger partial charge in [0, 0.05) is 64.1 Å². The van der Waals surface area contributed by atoms with E-state index in [1.54, 1.807) is 17.0 Å². The van der Waals surface area contributed by atoms with Crippen molar-refractivity contribution in [3.8, 4) is 0 Å². The maximum Gasteiger partial charge on any atom is 0.412 e. The Labute approximate surface area is 227 Å². The van der Waals surface area contributed by atoms with Crippen LogP contribution in [0.3, 0.4) is 0 Å². The number of carboxylic acids is 2. The van der Waals surface area contributed by atoms with Crippen molar-refractivity contribution in [2.75, 3.05) is 38.1 Å². The van der Waals surface area contributed by atoms with Gasteiger partial charge in [0.1, 0.15) is 11.5 Å². The molecule has 4 rings (SSSR count). The Morgan fingerprint density at radius 3 is 2.33 bits per heavy atom. The molecule has 0 saturated carbocycles. The molecule has 1 N–H and O–H groups in total. The molecule has 2 aliphatic rings. The van der Waals surface area contributed by atoms with E-state index in [0.29, 0.717) is 29.6 Å². The van der Waals surface area contributed by atoms with Gasteiger partial charge in [-0.05, 0) is 19.2 Å². The molecular formula is C23H24ClN7O8-2. The summed E-state index contributed by atoms with van der Waals surface area (Å²) in [5.41, 5.74) is 0.437. The molecule has 3 amide bonds. The first-order valence-electron chi connectivity index (χ1n) is 11.6. The largest absolute Gasteiger partial charge is 0.550 e. The molecule has 0 spiro atoms. The van der Waals surface area contributed by atoms with Crippen molar-refractivity contribution in [2.24, 2.45) is 0 Å². The summed E-state index contributed by atoms with van der Waals surface area (Å²) in [4.78, 5) is 73.4. The number of pyridine rings is 1. The molecule has 4 heterocycles. The lowest BCUT2D eigenvalue weighted by molar-refractivity contribution is -0.317. The molecular weight excluding hydrogens is 538 g/mol. The Morgan fingerprint density at radius 1 is 1.10 bits per heavy atom. The number of likely N-dealkylation sites (N-methyl/N-ethyl adjacent to an activating group) is 1. The lowest BCUT2D eigenvalue weighted by Crippen LogP contribution is -2.49. The third kappa shape index (κ3) is 7.58. The van der Waals surface area contributed by atoms with Crippen molar-refractivity contribution in [1.29, 1.82) is 0 Å². The normalized spacial score (nSPS) is 17.4. The van der Waals surface area contributed by atoms with Crippen molar-refractivity contribution >= 4 is 47.3 Å². The molecule has 15 nitrogen and oxygen atoms in total. The number of ether oxygens (including phenoxy) is 1. The van der Waals surface area contributed by atoms with Crippen molar-refractivity contribution < 1.29 is 38.9 Å². The third-order valence-corrected chi connectivity index (χ3v) is 5.81. The fraction of sp³-hybridized carbons (Fsp3) is 0.391. The number of aliphatic carboxylic acids is 2. The van der Waals surface area contributed by atoms with Crippen LogP contribution in [0.2, 0.25) is 5.02 Å². The maximum absolute atomic E-state index is 12.8. The zero-order valence-electron chi connectivity index (χ0n) is 20.9. The van der Waals surface area contributed by atoms with Crippen LogP contribution < -0.4 is 20.4 Å². The van der Waals surface area contributed by atoms with Gasteiger partial charge in [0.05, 0.1) is 17.0 Å². The van der Waals surface area contributed by atoms with Gasteiger partial charge in [-0.1, -0.05) is 11.6 Å². The van der Waals surface area contributed by atoms with E-state index in [9.17, 15) is 34.2 Å². The molecule has 2 aliphatic heterocycles. The second kappa shape index (κ2) is 12.9. The summed E-state index contributed by atoms with van der Waals surface area (Å²) in [6.07, 6.45) is 1.99. The molecule has 0 aromatic carbocycles. The number of hydrogen-bond donors (Lipinski definition) is 1. The van der Waals surface area contributed by atoms with E-state index in [4.69, 9.17) is 16.3 Å². The van der Waals surface area contributed by atoms with Crippen molar-refractivity contribution in [1.82, 2.24) is 30.1 Å². The molecule has 0 bridgehead atoms. The number of rotatable bonds is 6. The van der Waals surface area contributed by atoms with Crippen molar-refractivity contribution in [2.45, 2.75) is 25.6 Å². The van der Waals surface area contributed by atoms with Gasteiger partial charge < -0.3 is 39.7 Å². The molecule has 0 aliphatic carbocycles. The number of piperazine rings is 1.